The molecule has 0 unspecified atom stereocenters. The van der Waals surface area contributed by atoms with Crippen molar-refractivity contribution >= 4 is 17.7 Å². The first-order chi connectivity index (χ1) is 13.5. The van der Waals surface area contributed by atoms with Crippen LogP contribution in [-0.2, 0) is 6.42 Å². The number of hydrogen-bond donors (Lipinski definition) is 2. The molecule has 0 spiro atoms. The highest BCUT2D eigenvalue weighted by Crippen LogP contribution is 2.62. The Balaban J connectivity index is 1.47. The molecule has 2 N–H and O–H groups in total. The molecule has 3 aliphatic carbocycles. The average molecular weight is 395 g/mol. The van der Waals surface area contributed by atoms with E-state index in [2.05, 4.69) is 19.1 Å². The molecule has 5 atom stereocenters. The summed E-state index contributed by atoms with van der Waals surface area (Å²) in [5, 5.41) is 21.8. The van der Waals surface area contributed by atoms with Crippen LogP contribution in [0, 0.1) is 17.3 Å². The lowest BCUT2D eigenvalue weighted by atomic mass is 9.55. The molecule has 3 heteroatoms. The third-order valence-corrected chi connectivity index (χ3v) is 8.05. The van der Waals surface area contributed by atoms with Crippen LogP contribution in [0.4, 0.5) is 0 Å². The Labute approximate surface area is 171 Å². The number of phenols is 1. The molecule has 0 saturated heterocycles. The fraction of sp³-hybridized carbons (Fsp3) is 0.440. The summed E-state index contributed by atoms with van der Waals surface area (Å²) in [7, 11) is 0. The molecule has 0 amide bonds. The molecule has 5 rings (SSSR count). The molecular weight excluding hydrogens is 368 g/mol. The van der Waals surface area contributed by atoms with E-state index in [0.717, 1.165) is 42.7 Å². The highest BCUT2D eigenvalue weighted by atomic mass is 35.5. The predicted octanol–water partition coefficient (Wildman–Crippen LogP) is 5.96. The molecule has 2 fully saturated rings. The van der Waals surface area contributed by atoms with Crippen LogP contribution in [-0.4, -0.2) is 16.3 Å². The number of aliphatic hydroxyl groups excluding tert-OH is 1. The molecular formula is C25H27ClO2. The lowest BCUT2D eigenvalue weighted by molar-refractivity contribution is -0.0158. The van der Waals surface area contributed by atoms with Gasteiger partial charge in [-0.3, -0.25) is 0 Å². The van der Waals surface area contributed by atoms with Crippen LogP contribution in [0.5, 0.6) is 5.75 Å². The van der Waals surface area contributed by atoms with Gasteiger partial charge < -0.3 is 10.2 Å². The summed E-state index contributed by atoms with van der Waals surface area (Å²) in [5.74, 6) is 2.06. The van der Waals surface area contributed by atoms with Gasteiger partial charge in [0.2, 0.25) is 0 Å². The highest BCUT2D eigenvalue weighted by molar-refractivity contribution is 6.30. The number of rotatable bonds is 1. The van der Waals surface area contributed by atoms with Gasteiger partial charge in [0.1, 0.15) is 5.75 Å². The van der Waals surface area contributed by atoms with Gasteiger partial charge in [-0.15, -0.1) is 0 Å². The predicted molar refractivity (Wildman–Crippen MR) is 114 cm³/mol. The van der Waals surface area contributed by atoms with Gasteiger partial charge in [0.05, 0.1) is 6.10 Å². The minimum atomic E-state index is -0.365. The largest absolute Gasteiger partial charge is 0.508 e. The fourth-order valence-electron chi connectivity index (χ4n) is 6.34. The Hall–Kier alpha value is -1.77. The summed E-state index contributed by atoms with van der Waals surface area (Å²) in [6.07, 6.45) is 7.16. The molecule has 0 aromatic heterocycles. The lowest BCUT2D eigenvalue weighted by Crippen LogP contribution is -2.44. The minimum Gasteiger partial charge on any atom is -0.508 e. The van der Waals surface area contributed by atoms with E-state index >= 15 is 0 Å². The Morgan fingerprint density at radius 1 is 1.11 bits per heavy atom. The number of benzene rings is 2. The summed E-state index contributed by atoms with van der Waals surface area (Å²) < 4.78 is 0. The zero-order chi connectivity index (χ0) is 19.5. The zero-order valence-electron chi connectivity index (χ0n) is 16.2. The Kier molecular flexibility index (Phi) is 4.33. The number of phenolic OH excluding ortho intramolecular Hbond substituents is 1. The van der Waals surface area contributed by atoms with E-state index in [9.17, 15) is 10.2 Å². The van der Waals surface area contributed by atoms with Gasteiger partial charge in [-0.1, -0.05) is 42.8 Å². The van der Waals surface area contributed by atoms with Crippen LogP contribution in [0.1, 0.15) is 55.2 Å². The van der Waals surface area contributed by atoms with E-state index < -0.39 is 0 Å². The molecule has 0 heterocycles. The van der Waals surface area contributed by atoms with Crippen molar-refractivity contribution in [3.63, 3.8) is 0 Å². The number of hydrogen-bond acceptors (Lipinski definition) is 2. The first-order valence-electron chi connectivity index (χ1n) is 10.4. The lowest BCUT2D eigenvalue weighted by Gasteiger charge is -2.49. The molecule has 0 aliphatic heterocycles. The van der Waals surface area contributed by atoms with E-state index in [0.29, 0.717) is 23.5 Å². The molecule has 0 bridgehead atoms. The molecule has 146 valence electrons. The Bertz CT molecular complexity index is 932. The van der Waals surface area contributed by atoms with E-state index in [4.69, 9.17) is 11.6 Å². The van der Waals surface area contributed by atoms with Crippen molar-refractivity contribution < 1.29 is 10.2 Å². The van der Waals surface area contributed by atoms with Crippen molar-refractivity contribution in [3.8, 4) is 5.75 Å². The second-order valence-corrected chi connectivity index (χ2v) is 9.66. The van der Waals surface area contributed by atoms with Crippen LogP contribution in [0.3, 0.4) is 0 Å². The number of aryl methyl sites for hydroxylation is 1. The molecule has 28 heavy (non-hydrogen) atoms. The summed E-state index contributed by atoms with van der Waals surface area (Å²) in [6.45, 7) is 2.30. The van der Waals surface area contributed by atoms with E-state index in [1.54, 1.807) is 0 Å². The van der Waals surface area contributed by atoms with Gasteiger partial charge >= 0.3 is 0 Å². The number of fused-ring (bicyclic) bond motifs is 5. The fourth-order valence-corrected chi connectivity index (χ4v) is 6.47. The van der Waals surface area contributed by atoms with Crippen molar-refractivity contribution in [2.24, 2.45) is 17.3 Å². The molecule has 2 saturated carbocycles. The first-order valence-corrected chi connectivity index (χ1v) is 10.8. The quantitative estimate of drug-likeness (QED) is 0.626. The summed E-state index contributed by atoms with van der Waals surface area (Å²) in [5.41, 5.74) is 5.00. The summed E-state index contributed by atoms with van der Waals surface area (Å²) >= 11 is 6.02. The van der Waals surface area contributed by atoms with Crippen LogP contribution in [0.25, 0.3) is 6.08 Å². The molecule has 2 aromatic rings. The van der Waals surface area contributed by atoms with Gasteiger partial charge in [-0.2, -0.15) is 0 Å². The molecule has 2 nitrogen and oxygen atoms in total. The van der Waals surface area contributed by atoms with E-state index in [-0.39, 0.29) is 11.5 Å². The van der Waals surface area contributed by atoms with Crippen LogP contribution in [0.15, 0.2) is 48.0 Å². The van der Waals surface area contributed by atoms with Gasteiger partial charge in [-0.05, 0) is 96.4 Å². The van der Waals surface area contributed by atoms with E-state index in [1.165, 1.54) is 16.7 Å². The molecule has 2 aromatic carbocycles. The SMILES string of the molecule is C[C@]12CC[C@@H]3c4ccc(O)cc4CC[C@@H]3[C@H]1C/C(=C\c1ccc(Cl)cc1)[C@@H]2O. The maximum atomic E-state index is 11.3. The van der Waals surface area contributed by atoms with E-state index in [1.807, 2.05) is 36.4 Å². The van der Waals surface area contributed by atoms with Crippen molar-refractivity contribution in [2.45, 2.75) is 51.0 Å². The van der Waals surface area contributed by atoms with Crippen LogP contribution in [0.2, 0.25) is 5.02 Å². The standard InChI is InChI=1S/C25H27ClO2/c1-25-11-10-21-20-9-7-19(27)13-16(20)4-8-22(21)23(25)14-17(24(25)28)12-15-2-5-18(26)6-3-15/h2-3,5-7,9,12-13,21-24,27-28H,4,8,10-11,14H2,1H3/b17-12+/t21-,22+,23-,24+,25+/m1/s1. The third kappa shape index (κ3) is 2.81. The Morgan fingerprint density at radius 2 is 1.89 bits per heavy atom. The van der Waals surface area contributed by atoms with Crippen molar-refractivity contribution in [1.82, 2.24) is 0 Å². The first kappa shape index (κ1) is 18.3. The second-order valence-electron chi connectivity index (χ2n) is 9.22. The van der Waals surface area contributed by atoms with Crippen molar-refractivity contribution in [2.75, 3.05) is 0 Å². The number of aliphatic hydroxyl groups is 1. The van der Waals surface area contributed by atoms with Crippen LogP contribution < -0.4 is 0 Å². The van der Waals surface area contributed by atoms with Gasteiger partial charge in [0.15, 0.2) is 0 Å². The summed E-state index contributed by atoms with van der Waals surface area (Å²) in [6, 6.07) is 13.8. The van der Waals surface area contributed by atoms with Crippen LogP contribution >= 0.6 is 11.6 Å². The van der Waals surface area contributed by atoms with Crippen molar-refractivity contribution in [1.29, 1.82) is 0 Å². The highest BCUT2D eigenvalue weighted by Gasteiger charge is 2.56. The average Bonchev–Trinajstić information content (AvgIpc) is 2.94. The van der Waals surface area contributed by atoms with Gasteiger partial charge in [0, 0.05) is 10.4 Å². The van der Waals surface area contributed by atoms with Gasteiger partial charge in [0.25, 0.3) is 0 Å². The molecule has 3 aliphatic rings. The van der Waals surface area contributed by atoms with Gasteiger partial charge in [-0.25, -0.2) is 0 Å². The maximum Gasteiger partial charge on any atom is 0.115 e. The second kappa shape index (κ2) is 6.64. The third-order valence-electron chi connectivity index (χ3n) is 7.80. The Morgan fingerprint density at radius 3 is 2.68 bits per heavy atom. The topological polar surface area (TPSA) is 40.5 Å². The number of aromatic hydroxyl groups is 1. The smallest absolute Gasteiger partial charge is 0.115 e. The number of halogens is 1. The molecule has 0 radical (unpaired) electrons. The summed E-state index contributed by atoms with van der Waals surface area (Å²) in [4.78, 5) is 0. The van der Waals surface area contributed by atoms with Crippen molar-refractivity contribution in [3.05, 3.63) is 69.8 Å². The zero-order valence-corrected chi connectivity index (χ0v) is 17.0. The normalized spacial score (nSPS) is 35.3. The maximum absolute atomic E-state index is 11.3. The monoisotopic (exact) mass is 394 g/mol. The minimum absolute atomic E-state index is 0.0339.